The Morgan fingerprint density at radius 3 is 2.65 bits per heavy atom. The number of rotatable bonds is 2. The Labute approximate surface area is 100 Å². The first-order valence-corrected chi connectivity index (χ1v) is 6.04. The van der Waals surface area contributed by atoms with Crippen LogP contribution >= 0.6 is 0 Å². The van der Waals surface area contributed by atoms with Crippen molar-refractivity contribution in [2.45, 2.75) is 18.9 Å². The predicted octanol–water partition coefficient (Wildman–Crippen LogP) is -0.860. The molecule has 0 aromatic heterocycles. The molecule has 2 saturated heterocycles. The van der Waals surface area contributed by atoms with Crippen LogP contribution in [0.15, 0.2) is 0 Å². The van der Waals surface area contributed by atoms with Crippen LogP contribution < -0.4 is 5.32 Å². The van der Waals surface area contributed by atoms with Crippen LogP contribution in [-0.2, 0) is 19.1 Å². The Morgan fingerprint density at radius 1 is 1.24 bits per heavy atom. The fourth-order valence-electron chi connectivity index (χ4n) is 2.00. The molecule has 1 atom stereocenters. The second-order valence-electron chi connectivity index (χ2n) is 4.25. The van der Waals surface area contributed by atoms with E-state index < -0.39 is 11.8 Å². The molecule has 2 aliphatic rings. The number of amides is 2. The summed E-state index contributed by atoms with van der Waals surface area (Å²) in [6.07, 6.45) is 2.04. The van der Waals surface area contributed by atoms with E-state index in [9.17, 15) is 9.59 Å². The molecule has 0 aliphatic carbocycles. The highest BCUT2D eigenvalue weighted by molar-refractivity contribution is 6.35. The normalized spacial score (nSPS) is 24.7. The fraction of sp³-hybridized carbons (Fsp3) is 0.818. The van der Waals surface area contributed by atoms with Gasteiger partial charge in [0.1, 0.15) is 0 Å². The zero-order valence-corrected chi connectivity index (χ0v) is 9.81. The maximum Gasteiger partial charge on any atom is 0.312 e. The molecule has 1 unspecified atom stereocenters. The van der Waals surface area contributed by atoms with Gasteiger partial charge in [0.15, 0.2) is 0 Å². The third-order valence-electron chi connectivity index (χ3n) is 3.01. The van der Waals surface area contributed by atoms with Crippen LogP contribution in [0.5, 0.6) is 0 Å². The second kappa shape index (κ2) is 5.97. The summed E-state index contributed by atoms with van der Waals surface area (Å²) in [5.41, 5.74) is 0. The van der Waals surface area contributed by atoms with Crippen molar-refractivity contribution in [1.82, 2.24) is 10.2 Å². The van der Waals surface area contributed by atoms with Crippen LogP contribution in [0.4, 0.5) is 0 Å². The molecule has 2 rings (SSSR count). The van der Waals surface area contributed by atoms with Crippen LogP contribution in [0.2, 0.25) is 0 Å². The summed E-state index contributed by atoms with van der Waals surface area (Å²) < 4.78 is 10.5. The van der Waals surface area contributed by atoms with E-state index in [-0.39, 0.29) is 6.10 Å². The fourth-order valence-corrected chi connectivity index (χ4v) is 2.00. The maximum absolute atomic E-state index is 11.7. The summed E-state index contributed by atoms with van der Waals surface area (Å²) in [6.45, 7) is 3.17. The number of hydrogen-bond acceptors (Lipinski definition) is 4. The Kier molecular flexibility index (Phi) is 4.33. The van der Waals surface area contributed by atoms with E-state index >= 15 is 0 Å². The van der Waals surface area contributed by atoms with Gasteiger partial charge in [-0.15, -0.1) is 0 Å². The van der Waals surface area contributed by atoms with Crippen molar-refractivity contribution >= 4 is 11.8 Å². The quantitative estimate of drug-likeness (QED) is 0.640. The lowest BCUT2D eigenvalue weighted by Gasteiger charge is -2.26. The number of ether oxygens (including phenoxy) is 2. The summed E-state index contributed by atoms with van der Waals surface area (Å²) in [6, 6.07) is 0. The minimum Gasteiger partial charge on any atom is -0.378 e. The van der Waals surface area contributed by atoms with Gasteiger partial charge >= 0.3 is 11.8 Å². The average molecular weight is 242 g/mol. The zero-order chi connectivity index (χ0) is 12.1. The number of nitrogens with one attached hydrogen (secondary N) is 1. The Balaban J connectivity index is 1.72. The van der Waals surface area contributed by atoms with Gasteiger partial charge in [-0.05, 0) is 12.8 Å². The lowest BCUT2D eigenvalue weighted by molar-refractivity contribution is -0.148. The first-order chi connectivity index (χ1) is 8.27. The molecule has 0 saturated carbocycles. The van der Waals surface area contributed by atoms with Crippen molar-refractivity contribution in [2.24, 2.45) is 0 Å². The Hall–Kier alpha value is -1.14. The molecular formula is C11H18N2O4. The predicted molar refractivity (Wildman–Crippen MR) is 59.4 cm³/mol. The lowest BCUT2D eigenvalue weighted by Crippen LogP contribution is -2.48. The molecular weight excluding hydrogens is 224 g/mol. The van der Waals surface area contributed by atoms with E-state index in [2.05, 4.69) is 5.32 Å². The summed E-state index contributed by atoms with van der Waals surface area (Å²) >= 11 is 0. The van der Waals surface area contributed by atoms with Gasteiger partial charge in [0, 0.05) is 26.2 Å². The molecule has 0 aromatic carbocycles. The van der Waals surface area contributed by atoms with Crippen LogP contribution in [-0.4, -0.2) is 62.3 Å². The molecule has 2 amide bonds. The first-order valence-electron chi connectivity index (χ1n) is 6.04. The van der Waals surface area contributed by atoms with Crippen molar-refractivity contribution in [2.75, 3.05) is 39.5 Å². The van der Waals surface area contributed by atoms with Crippen molar-refractivity contribution < 1.29 is 19.1 Å². The summed E-state index contributed by atoms with van der Waals surface area (Å²) in [7, 11) is 0. The largest absolute Gasteiger partial charge is 0.378 e. The van der Waals surface area contributed by atoms with Gasteiger partial charge in [-0.2, -0.15) is 0 Å². The SMILES string of the molecule is O=C(NCC1CCCO1)C(=O)N1CCOCC1. The molecule has 96 valence electrons. The molecule has 6 nitrogen and oxygen atoms in total. The molecule has 0 spiro atoms. The van der Waals surface area contributed by atoms with Crippen LogP contribution in [0.25, 0.3) is 0 Å². The topological polar surface area (TPSA) is 67.9 Å². The van der Waals surface area contributed by atoms with E-state index in [1.165, 1.54) is 4.90 Å². The number of carbonyl (C=O) groups excluding carboxylic acids is 2. The Bertz CT molecular complexity index is 283. The van der Waals surface area contributed by atoms with Gasteiger partial charge in [0.2, 0.25) is 0 Å². The van der Waals surface area contributed by atoms with Crippen molar-refractivity contribution in [3.8, 4) is 0 Å². The first kappa shape index (κ1) is 12.3. The highest BCUT2D eigenvalue weighted by atomic mass is 16.5. The molecule has 6 heteroatoms. The molecule has 17 heavy (non-hydrogen) atoms. The van der Waals surface area contributed by atoms with Gasteiger partial charge in [-0.1, -0.05) is 0 Å². The molecule has 2 heterocycles. The van der Waals surface area contributed by atoms with E-state index in [1.807, 2.05) is 0 Å². The number of morpholine rings is 1. The lowest BCUT2D eigenvalue weighted by atomic mass is 10.2. The number of hydrogen-bond donors (Lipinski definition) is 1. The average Bonchev–Trinajstić information content (AvgIpc) is 2.89. The third kappa shape index (κ3) is 3.41. The minimum atomic E-state index is -0.539. The summed E-state index contributed by atoms with van der Waals surface area (Å²) in [5.74, 6) is -1.01. The van der Waals surface area contributed by atoms with Crippen molar-refractivity contribution in [3.63, 3.8) is 0 Å². The molecule has 2 aliphatic heterocycles. The highest BCUT2D eigenvalue weighted by Gasteiger charge is 2.24. The number of nitrogens with zero attached hydrogens (tertiary/aromatic N) is 1. The van der Waals surface area contributed by atoms with Gasteiger partial charge < -0.3 is 19.7 Å². The van der Waals surface area contributed by atoms with Crippen LogP contribution in [0.1, 0.15) is 12.8 Å². The Morgan fingerprint density at radius 2 is 2.00 bits per heavy atom. The van der Waals surface area contributed by atoms with E-state index in [0.717, 1.165) is 19.4 Å². The third-order valence-corrected chi connectivity index (χ3v) is 3.01. The van der Waals surface area contributed by atoms with Crippen LogP contribution in [0, 0.1) is 0 Å². The maximum atomic E-state index is 11.7. The van der Waals surface area contributed by atoms with E-state index in [4.69, 9.17) is 9.47 Å². The van der Waals surface area contributed by atoms with Gasteiger partial charge in [0.05, 0.1) is 19.3 Å². The molecule has 0 aromatic rings. The van der Waals surface area contributed by atoms with Crippen LogP contribution in [0.3, 0.4) is 0 Å². The smallest absolute Gasteiger partial charge is 0.312 e. The van der Waals surface area contributed by atoms with Crippen molar-refractivity contribution in [3.05, 3.63) is 0 Å². The zero-order valence-electron chi connectivity index (χ0n) is 9.81. The van der Waals surface area contributed by atoms with Crippen molar-refractivity contribution in [1.29, 1.82) is 0 Å². The van der Waals surface area contributed by atoms with Gasteiger partial charge in [0.25, 0.3) is 0 Å². The van der Waals surface area contributed by atoms with E-state index in [0.29, 0.717) is 32.8 Å². The minimum absolute atomic E-state index is 0.0661. The number of carbonyl (C=O) groups is 2. The molecule has 0 bridgehead atoms. The molecule has 1 N–H and O–H groups in total. The van der Waals surface area contributed by atoms with Gasteiger partial charge in [-0.25, -0.2) is 0 Å². The van der Waals surface area contributed by atoms with E-state index in [1.54, 1.807) is 0 Å². The van der Waals surface area contributed by atoms with Gasteiger partial charge in [-0.3, -0.25) is 9.59 Å². The summed E-state index contributed by atoms with van der Waals surface area (Å²) in [5, 5.41) is 2.63. The molecule has 2 fully saturated rings. The summed E-state index contributed by atoms with van der Waals surface area (Å²) in [4.78, 5) is 24.8. The molecule has 0 radical (unpaired) electrons. The monoisotopic (exact) mass is 242 g/mol. The standard InChI is InChI=1S/C11H18N2O4/c14-10(12-8-9-2-1-5-17-9)11(15)13-3-6-16-7-4-13/h9H,1-8H2,(H,12,14). The second-order valence-corrected chi connectivity index (χ2v) is 4.25. The highest BCUT2D eigenvalue weighted by Crippen LogP contribution is 2.10.